The van der Waals surface area contributed by atoms with E-state index in [0.29, 0.717) is 10.8 Å². The molecule has 134 valence electrons. The lowest BCUT2D eigenvalue weighted by atomic mass is 10.3. The number of aromatic nitrogens is 4. The molecule has 3 rings (SSSR count). The van der Waals surface area contributed by atoms with Crippen molar-refractivity contribution in [3.63, 3.8) is 0 Å². The first kappa shape index (κ1) is 17.9. The first-order chi connectivity index (χ1) is 12.6. The molecule has 0 aliphatic rings. The van der Waals surface area contributed by atoms with Gasteiger partial charge in [-0.3, -0.25) is 4.79 Å². The van der Waals surface area contributed by atoms with Crippen LogP contribution in [-0.2, 0) is 4.79 Å². The van der Waals surface area contributed by atoms with Crippen LogP contribution in [0.1, 0.15) is 6.92 Å². The molecular weight excluding hydrogens is 357 g/mol. The molecule has 0 saturated carbocycles. The molecule has 9 heteroatoms. The fraction of sp³-hybridized carbons (Fsp3) is 0.176. The Labute approximate surface area is 153 Å². The molecule has 0 aliphatic heterocycles. The van der Waals surface area contributed by atoms with Crippen LogP contribution in [0.15, 0.2) is 53.7 Å². The molecule has 0 bridgehead atoms. The lowest BCUT2D eigenvalue weighted by Crippen LogP contribution is -2.22. The van der Waals surface area contributed by atoms with Gasteiger partial charge in [0.1, 0.15) is 11.6 Å². The van der Waals surface area contributed by atoms with Crippen LogP contribution in [0, 0.1) is 5.82 Å². The van der Waals surface area contributed by atoms with E-state index < -0.39 is 5.25 Å². The quantitative estimate of drug-likeness (QED) is 0.669. The Morgan fingerprint density at radius 3 is 2.54 bits per heavy atom. The summed E-state index contributed by atoms with van der Waals surface area (Å²) in [5.41, 5.74) is 1.28. The number of ether oxygens (including phenoxy) is 1. The van der Waals surface area contributed by atoms with E-state index in [2.05, 4.69) is 20.8 Å². The van der Waals surface area contributed by atoms with Crippen molar-refractivity contribution >= 4 is 23.4 Å². The minimum Gasteiger partial charge on any atom is -0.497 e. The highest BCUT2D eigenvalue weighted by Crippen LogP contribution is 2.24. The predicted octanol–water partition coefficient (Wildman–Crippen LogP) is 2.93. The van der Waals surface area contributed by atoms with Gasteiger partial charge in [0.15, 0.2) is 0 Å². The largest absolute Gasteiger partial charge is 0.497 e. The summed E-state index contributed by atoms with van der Waals surface area (Å²) in [4.78, 5) is 12.3. The molecule has 1 heterocycles. The van der Waals surface area contributed by atoms with Gasteiger partial charge < -0.3 is 10.1 Å². The van der Waals surface area contributed by atoms with Gasteiger partial charge in [-0.2, -0.15) is 4.68 Å². The highest BCUT2D eigenvalue weighted by Gasteiger charge is 2.19. The van der Waals surface area contributed by atoms with E-state index in [4.69, 9.17) is 4.74 Å². The fourth-order valence-electron chi connectivity index (χ4n) is 2.13. The maximum absolute atomic E-state index is 12.9. The number of nitrogens with one attached hydrogen (secondary N) is 1. The van der Waals surface area contributed by atoms with Crippen LogP contribution >= 0.6 is 11.8 Å². The number of amides is 1. The second-order valence-corrected chi connectivity index (χ2v) is 6.64. The number of carbonyl (C=O) groups is 1. The van der Waals surface area contributed by atoms with Crippen LogP contribution in [0.4, 0.5) is 10.1 Å². The third kappa shape index (κ3) is 4.17. The van der Waals surface area contributed by atoms with Gasteiger partial charge in [0.05, 0.1) is 18.0 Å². The predicted molar refractivity (Wildman–Crippen MR) is 96.1 cm³/mol. The van der Waals surface area contributed by atoms with Gasteiger partial charge in [-0.05, 0) is 65.9 Å². The monoisotopic (exact) mass is 373 g/mol. The summed E-state index contributed by atoms with van der Waals surface area (Å²) in [6, 6.07) is 12.8. The van der Waals surface area contributed by atoms with Crippen LogP contribution in [0.5, 0.6) is 5.75 Å². The third-order valence-electron chi connectivity index (χ3n) is 3.52. The second-order valence-electron chi connectivity index (χ2n) is 5.33. The van der Waals surface area contributed by atoms with Gasteiger partial charge in [-0.15, -0.1) is 5.10 Å². The van der Waals surface area contributed by atoms with Crippen molar-refractivity contribution in [2.24, 2.45) is 0 Å². The lowest BCUT2D eigenvalue weighted by molar-refractivity contribution is -0.115. The zero-order chi connectivity index (χ0) is 18.5. The van der Waals surface area contributed by atoms with Crippen molar-refractivity contribution in [3.8, 4) is 11.4 Å². The van der Waals surface area contributed by atoms with Gasteiger partial charge in [-0.1, -0.05) is 11.8 Å². The Hall–Kier alpha value is -2.94. The Bertz CT molecular complexity index is 883. The van der Waals surface area contributed by atoms with Gasteiger partial charge >= 0.3 is 0 Å². The zero-order valence-electron chi connectivity index (χ0n) is 14.1. The molecule has 0 fully saturated rings. The van der Waals surface area contributed by atoms with Crippen molar-refractivity contribution in [1.29, 1.82) is 0 Å². The summed E-state index contributed by atoms with van der Waals surface area (Å²) >= 11 is 1.22. The molecule has 0 saturated heterocycles. The molecule has 1 aromatic heterocycles. The number of halogens is 1. The fourth-order valence-corrected chi connectivity index (χ4v) is 2.93. The van der Waals surface area contributed by atoms with Crippen molar-refractivity contribution in [1.82, 2.24) is 20.2 Å². The molecule has 1 amide bonds. The normalized spacial score (nSPS) is 11.8. The minimum absolute atomic E-state index is 0.231. The van der Waals surface area contributed by atoms with Gasteiger partial charge in [0, 0.05) is 5.69 Å². The molecule has 0 unspecified atom stereocenters. The maximum atomic E-state index is 12.9. The van der Waals surface area contributed by atoms with Crippen LogP contribution in [-0.4, -0.2) is 38.5 Å². The SMILES string of the molecule is COc1ccc(-n2nnnc2S[C@@H](C)C(=O)Nc2ccc(F)cc2)cc1. The van der Waals surface area contributed by atoms with E-state index in [1.807, 2.05) is 12.1 Å². The van der Waals surface area contributed by atoms with Gasteiger partial charge in [0.25, 0.3) is 0 Å². The summed E-state index contributed by atoms with van der Waals surface area (Å²) < 4.78 is 19.6. The second kappa shape index (κ2) is 7.96. The summed E-state index contributed by atoms with van der Waals surface area (Å²) in [5.74, 6) is 0.137. The number of benzene rings is 2. The van der Waals surface area contributed by atoms with E-state index in [1.54, 1.807) is 30.8 Å². The summed E-state index contributed by atoms with van der Waals surface area (Å²) in [5, 5.41) is 14.4. The topological polar surface area (TPSA) is 81.9 Å². The van der Waals surface area contributed by atoms with Crippen LogP contribution < -0.4 is 10.1 Å². The molecule has 2 aromatic carbocycles. The number of methoxy groups -OCH3 is 1. The van der Waals surface area contributed by atoms with E-state index in [9.17, 15) is 9.18 Å². The van der Waals surface area contributed by atoms with Gasteiger partial charge in [0.2, 0.25) is 11.1 Å². The average Bonchev–Trinajstić information content (AvgIpc) is 3.11. The third-order valence-corrected chi connectivity index (χ3v) is 4.55. The number of hydrogen-bond donors (Lipinski definition) is 1. The number of carbonyl (C=O) groups excluding carboxylic acids is 1. The maximum Gasteiger partial charge on any atom is 0.237 e. The Morgan fingerprint density at radius 2 is 1.88 bits per heavy atom. The standard InChI is InChI=1S/C17H16FN5O2S/c1-11(16(24)19-13-5-3-12(18)4-6-13)26-17-20-21-22-23(17)14-7-9-15(25-2)10-8-14/h3-11H,1-2H3,(H,19,24)/t11-/m0/s1. The number of rotatable bonds is 6. The first-order valence-corrected chi connectivity index (χ1v) is 8.60. The highest BCUT2D eigenvalue weighted by molar-refractivity contribution is 8.00. The van der Waals surface area contributed by atoms with E-state index in [-0.39, 0.29) is 11.7 Å². The molecule has 1 atom stereocenters. The number of nitrogens with zero attached hydrogens (tertiary/aromatic N) is 4. The Balaban J connectivity index is 1.69. The van der Waals surface area contributed by atoms with Crippen molar-refractivity contribution in [3.05, 3.63) is 54.3 Å². The van der Waals surface area contributed by atoms with Crippen molar-refractivity contribution in [2.45, 2.75) is 17.3 Å². The van der Waals surface area contributed by atoms with Gasteiger partial charge in [-0.25, -0.2) is 4.39 Å². The van der Waals surface area contributed by atoms with E-state index in [1.165, 1.54) is 36.0 Å². The Kier molecular flexibility index (Phi) is 5.47. The molecule has 3 aromatic rings. The van der Waals surface area contributed by atoms with Crippen LogP contribution in [0.25, 0.3) is 5.69 Å². The van der Waals surface area contributed by atoms with Crippen molar-refractivity contribution < 1.29 is 13.9 Å². The average molecular weight is 373 g/mol. The Morgan fingerprint density at radius 1 is 1.19 bits per heavy atom. The summed E-state index contributed by atoms with van der Waals surface area (Å²) in [7, 11) is 1.59. The number of thioether (sulfide) groups is 1. The number of tetrazole rings is 1. The number of anilines is 1. The lowest BCUT2D eigenvalue weighted by Gasteiger charge is -2.12. The zero-order valence-corrected chi connectivity index (χ0v) is 14.9. The number of hydrogen-bond acceptors (Lipinski definition) is 6. The van der Waals surface area contributed by atoms with Crippen molar-refractivity contribution in [2.75, 3.05) is 12.4 Å². The molecule has 26 heavy (non-hydrogen) atoms. The van der Waals surface area contributed by atoms with Crippen LogP contribution in [0.2, 0.25) is 0 Å². The molecular formula is C17H16FN5O2S. The molecule has 0 spiro atoms. The smallest absolute Gasteiger partial charge is 0.237 e. The molecule has 7 nitrogen and oxygen atoms in total. The summed E-state index contributed by atoms with van der Waals surface area (Å²) in [6.45, 7) is 1.75. The molecule has 1 N–H and O–H groups in total. The minimum atomic E-state index is -0.456. The van der Waals surface area contributed by atoms with E-state index in [0.717, 1.165) is 11.4 Å². The molecule has 0 aliphatic carbocycles. The van der Waals surface area contributed by atoms with Crippen LogP contribution in [0.3, 0.4) is 0 Å². The highest BCUT2D eigenvalue weighted by atomic mass is 32.2. The first-order valence-electron chi connectivity index (χ1n) is 7.72. The van der Waals surface area contributed by atoms with E-state index >= 15 is 0 Å². The summed E-state index contributed by atoms with van der Waals surface area (Å²) in [6.07, 6.45) is 0. The molecule has 0 radical (unpaired) electrons.